The topological polar surface area (TPSA) is 132 Å². The number of benzene rings is 2. The fraction of sp³-hybridized carbons (Fsp3) is 0.100. The van der Waals surface area contributed by atoms with Crippen LogP contribution in [0.3, 0.4) is 0 Å². The molecule has 1 aliphatic heterocycles. The van der Waals surface area contributed by atoms with E-state index in [2.05, 4.69) is 36.8 Å². The van der Waals surface area contributed by atoms with E-state index in [9.17, 15) is 0 Å². The monoisotopic (exact) mass is 370 g/mol. The molecule has 6 N–H and O–H groups in total. The van der Waals surface area contributed by atoms with E-state index in [4.69, 9.17) is 11.1 Å². The second kappa shape index (κ2) is 6.05. The van der Waals surface area contributed by atoms with Gasteiger partial charge >= 0.3 is 0 Å². The summed E-state index contributed by atoms with van der Waals surface area (Å²) in [6, 6.07) is 11.5. The van der Waals surface area contributed by atoms with Crippen LogP contribution in [0.4, 0.5) is 0 Å². The minimum atomic E-state index is 0.0136. The molecule has 4 aromatic rings. The molecule has 0 fully saturated rings. The predicted octanol–water partition coefficient (Wildman–Crippen LogP) is 2.13. The number of hydrogen-bond acceptors (Lipinski definition) is 5. The van der Waals surface area contributed by atoms with Gasteiger partial charge in [-0.05, 0) is 36.4 Å². The number of hydrogen-bond donors (Lipinski definition) is 5. The van der Waals surface area contributed by atoms with Crippen molar-refractivity contribution in [3.8, 4) is 0 Å². The fourth-order valence-corrected chi connectivity index (χ4v) is 3.32. The molecule has 0 aliphatic carbocycles. The molecule has 0 radical (unpaired) electrons. The zero-order chi connectivity index (χ0) is 19.3. The number of H-pyrrole nitrogens is 2. The quantitative estimate of drug-likeness (QED) is 0.278. The van der Waals surface area contributed by atoms with Crippen LogP contribution in [0.2, 0.25) is 0 Å². The lowest BCUT2D eigenvalue weighted by atomic mass is 10.2. The third kappa shape index (κ3) is 2.62. The Morgan fingerprint density at radius 3 is 2.32 bits per heavy atom. The summed E-state index contributed by atoms with van der Waals surface area (Å²) in [5.41, 5.74) is 11.2. The van der Waals surface area contributed by atoms with Gasteiger partial charge in [0.15, 0.2) is 0 Å². The number of nitrogens with two attached hydrogens (primary N) is 1. The molecule has 0 saturated heterocycles. The molecule has 0 unspecified atom stereocenters. The maximum atomic E-state index is 7.57. The van der Waals surface area contributed by atoms with Crippen molar-refractivity contribution in [1.82, 2.24) is 25.3 Å². The summed E-state index contributed by atoms with van der Waals surface area (Å²) < 4.78 is 0. The van der Waals surface area contributed by atoms with Crippen molar-refractivity contribution >= 4 is 39.3 Å². The molecule has 0 spiro atoms. The Bertz CT molecular complexity index is 1290. The van der Waals surface area contributed by atoms with Crippen LogP contribution < -0.4 is 11.1 Å². The zero-order valence-corrected chi connectivity index (χ0v) is 15.0. The molecule has 0 amide bonds. The predicted molar refractivity (Wildman–Crippen MR) is 111 cm³/mol. The van der Waals surface area contributed by atoms with E-state index in [1.165, 1.54) is 0 Å². The lowest BCUT2D eigenvalue weighted by Crippen LogP contribution is -2.19. The van der Waals surface area contributed by atoms with E-state index >= 15 is 0 Å². The first-order chi connectivity index (χ1) is 13.6. The summed E-state index contributed by atoms with van der Waals surface area (Å²) in [6.45, 7) is 5.82. The molecule has 28 heavy (non-hydrogen) atoms. The molecule has 8 nitrogen and oxygen atoms in total. The van der Waals surface area contributed by atoms with Gasteiger partial charge in [-0.25, -0.2) is 9.97 Å². The molecular formula is C20H18N8. The fourth-order valence-electron chi connectivity index (χ4n) is 3.32. The summed E-state index contributed by atoms with van der Waals surface area (Å²) >= 11 is 0. The van der Waals surface area contributed by atoms with Gasteiger partial charge in [-0.2, -0.15) is 0 Å². The van der Waals surface area contributed by atoms with Crippen molar-refractivity contribution in [3.05, 3.63) is 65.8 Å². The van der Waals surface area contributed by atoms with E-state index in [1.54, 1.807) is 12.1 Å². The Hall–Kier alpha value is -3.94. The van der Waals surface area contributed by atoms with Crippen LogP contribution in [-0.2, 0) is 0 Å². The number of imidazole rings is 2. The van der Waals surface area contributed by atoms with Gasteiger partial charge in [0.25, 0.3) is 0 Å². The average molecular weight is 370 g/mol. The van der Waals surface area contributed by atoms with Gasteiger partial charge < -0.3 is 21.0 Å². The van der Waals surface area contributed by atoms with E-state index in [-0.39, 0.29) is 5.84 Å². The SMILES string of the molecule is C=C(c1nc2cc(C(=N)N)ccc2[nH]1)c1nc2cc(C3=NCCN3)ccc2[nH]1. The van der Waals surface area contributed by atoms with Gasteiger partial charge in [0.2, 0.25) is 0 Å². The number of aromatic amines is 2. The molecule has 0 saturated carbocycles. The maximum Gasteiger partial charge on any atom is 0.141 e. The first-order valence-corrected chi connectivity index (χ1v) is 8.91. The van der Waals surface area contributed by atoms with Crippen molar-refractivity contribution in [2.75, 3.05) is 13.1 Å². The second-order valence-electron chi connectivity index (χ2n) is 6.68. The van der Waals surface area contributed by atoms with Gasteiger partial charge in [-0.15, -0.1) is 0 Å². The van der Waals surface area contributed by atoms with Crippen molar-refractivity contribution in [3.63, 3.8) is 0 Å². The van der Waals surface area contributed by atoms with Crippen LogP contribution in [0.15, 0.2) is 48.0 Å². The van der Waals surface area contributed by atoms with Gasteiger partial charge in [-0.3, -0.25) is 10.4 Å². The van der Waals surface area contributed by atoms with Gasteiger partial charge in [0.05, 0.1) is 34.2 Å². The van der Waals surface area contributed by atoms with Crippen LogP contribution in [0, 0.1) is 5.41 Å². The standard InChI is InChI=1S/C20H18N8/c1-10(18-25-13-4-2-11(17(21)22)8-15(13)27-18)19-26-14-5-3-12(9-16(14)28-19)20-23-6-7-24-20/h2-5,8-9H,1,6-7H2,(H3,21,22)(H,23,24)(H,25,27)(H,26,28). The minimum Gasteiger partial charge on any atom is -0.384 e. The highest BCUT2D eigenvalue weighted by molar-refractivity contribution is 6.02. The number of fused-ring (bicyclic) bond motifs is 2. The number of rotatable bonds is 4. The average Bonchev–Trinajstić information content (AvgIpc) is 3.44. The molecule has 2 aromatic heterocycles. The zero-order valence-electron chi connectivity index (χ0n) is 15.0. The number of aliphatic imine (C=N–C) groups is 1. The van der Waals surface area contributed by atoms with Crippen molar-refractivity contribution in [1.29, 1.82) is 5.41 Å². The number of nitrogen functional groups attached to an aromatic ring is 1. The van der Waals surface area contributed by atoms with Gasteiger partial charge in [0.1, 0.15) is 23.3 Å². The third-order valence-electron chi connectivity index (χ3n) is 4.80. The van der Waals surface area contributed by atoms with Crippen LogP contribution in [0.25, 0.3) is 27.6 Å². The van der Waals surface area contributed by atoms with Crippen LogP contribution in [0.5, 0.6) is 0 Å². The van der Waals surface area contributed by atoms with Crippen LogP contribution in [-0.4, -0.2) is 44.7 Å². The molecule has 5 rings (SSSR count). The Morgan fingerprint density at radius 1 is 1.00 bits per heavy atom. The number of nitrogens with one attached hydrogen (secondary N) is 4. The Balaban J connectivity index is 1.51. The van der Waals surface area contributed by atoms with E-state index in [0.29, 0.717) is 22.8 Å². The highest BCUT2D eigenvalue weighted by Crippen LogP contribution is 2.24. The first-order valence-electron chi connectivity index (χ1n) is 8.91. The number of amidine groups is 2. The molecule has 8 heteroatoms. The van der Waals surface area contributed by atoms with E-state index < -0.39 is 0 Å². The maximum absolute atomic E-state index is 7.57. The molecule has 1 aliphatic rings. The Kier molecular flexibility index (Phi) is 3.51. The van der Waals surface area contributed by atoms with Crippen molar-refractivity contribution < 1.29 is 0 Å². The smallest absolute Gasteiger partial charge is 0.141 e. The largest absolute Gasteiger partial charge is 0.384 e. The lowest BCUT2D eigenvalue weighted by Gasteiger charge is -2.01. The number of aromatic nitrogens is 4. The van der Waals surface area contributed by atoms with Crippen molar-refractivity contribution in [2.45, 2.75) is 0 Å². The minimum absolute atomic E-state index is 0.0136. The third-order valence-corrected chi connectivity index (χ3v) is 4.80. The van der Waals surface area contributed by atoms with Crippen LogP contribution >= 0.6 is 0 Å². The molecule has 0 bridgehead atoms. The van der Waals surface area contributed by atoms with Crippen LogP contribution in [0.1, 0.15) is 22.8 Å². The van der Waals surface area contributed by atoms with Crippen molar-refractivity contribution in [2.24, 2.45) is 10.7 Å². The Labute approximate surface area is 160 Å². The molecular weight excluding hydrogens is 352 g/mol. The number of nitrogens with zero attached hydrogens (tertiary/aromatic N) is 3. The van der Waals surface area contributed by atoms with E-state index in [0.717, 1.165) is 46.6 Å². The van der Waals surface area contributed by atoms with E-state index in [1.807, 2.05) is 24.3 Å². The highest BCUT2D eigenvalue weighted by atomic mass is 15.1. The first kappa shape index (κ1) is 16.2. The molecule has 2 aromatic carbocycles. The summed E-state index contributed by atoms with van der Waals surface area (Å²) in [5, 5.41) is 10.8. The molecule has 138 valence electrons. The summed E-state index contributed by atoms with van der Waals surface area (Å²) in [7, 11) is 0. The lowest BCUT2D eigenvalue weighted by molar-refractivity contribution is 0.960. The summed E-state index contributed by atoms with van der Waals surface area (Å²) in [6.07, 6.45) is 0. The normalized spacial score (nSPS) is 13.6. The van der Waals surface area contributed by atoms with Gasteiger partial charge in [-0.1, -0.05) is 6.58 Å². The molecule has 3 heterocycles. The second-order valence-corrected chi connectivity index (χ2v) is 6.68. The highest BCUT2D eigenvalue weighted by Gasteiger charge is 2.15. The summed E-state index contributed by atoms with van der Waals surface area (Å²) in [4.78, 5) is 20.3. The Morgan fingerprint density at radius 2 is 1.68 bits per heavy atom. The summed E-state index contributed by atoms with van der Waals surface area (Å²) in [5.74, 6) is 2.19. The van der Waals surface area contributed by atoms with Gasteiger partial charge in [0, 0.05) is 17.7 Å². The molecule has 0 atom stereocenters.